The summed E-state index contributed by atoms with van der Waals surface area (Å²) in [6.07, 6.45) is -3.08. The first-order chi connectivity index (χ1) is 22.4. The van der Waals surface area contributed by atoms with E-state index in [1.165, 1.54) is 31.4 Å². The first-order valence-electron chi connectivity index (χ1n) is 15.3. The molecule has 254 valence electrons. The molecule has 0 aliphatic carbocycles. The summed E-state index contributed by atoms with van der Waals surface area (Å²) in [5, 5.41) is 5.15. The molecule has 3 atom stereocenters. The number of ether oxygens (including phenoxy) is 2. The van der Waals surface area contributed by atoms with Crippen LogP contribution in [-0.2, 0) is 35.5 Å². The summed E-state index contributed by atoms with van der Waals surface area (Å²) in [5.74, 6) is -1.45. The van der Waals surface area contributed by atoms with Crippen molar-refractivity contribution < 1.29 is 36.7 Å². The van der Waals surface area contributed by atoms with Crippen molar-refractivity contribution in [2.45, 2.75) is 69.2 Å². The first-order valence-corrected chi connectivity index (χ1v) is 16.8. The highest BCUT2D eigenvalue weighted by Gasteiger charge is 2.40. The summed E-state index contributed by atoms with van der Waals surface area (Å²) in [4.78, 5) is 38.0. The molecule has 2 amide bonds. The maximum absolute atomic E-state index is 15.5. The predicted octanol–water partition coefficient (Wildman–Crippen LogP) is 4.47. The average molecular weight is 671 g/mol. The van der Waals surface area contributed by atoms with Crippen LogP contribution in [0.25, 0.3) is 11.1 Å². The van der Waals surface area contributed by atoms with Crippen LogP contribution in [0.3, 0.4) is 0 Å². The van der Waals surface area contributed by atoms with E-state index in [2.05, 4.69) is 15.4 Å². The molecule has 11 nitrogen and oxygen atoms in total. The molecule has 3 aromatic rings. The number of sulfonamides is 1. The molecule has 0 bridgehead atoms. The van der Waals surface area contributed by atoms with Gasteiger partial charge in [0.05, 0.1) is 18.6 Å². The quantitative estimate of drug-likeness (QED) is 0.149. The summed E-state index contributed by atoms with van der Waals surface area (Å²) < 4.78 is 53.5. The maximum atomic E-state index is 15.5. The van der Waals surface area contributed by atoms with E-state index >= 15 is 4.39 Å². The highest BCUT2D eigenvalue weighted by atomic mass is 32.2. The summed E-state index contributed by atoms with van der Waals surface area (Å²) in [7, 11) is -3.06. The van der Waals surface area contributed by atoms with E-state index < -0.39 is 58.7 Å². The third-order valence-electron chi connectivity index (χ3n) is 7.36. The average Bonchev–Trinajstić information content (AvgIpc) is 3.04. The van der Waals surface area contributed by atoms with Crippen LogP contribution in [0.5, 0.6) is 0 Å². The monoisotopic (exact) mass is 670 g/mol. The van der Waals surface area contributed by atoms with Crippen LogP contribution in [0.15, 0.2) is 83.8 Å². The number of rotatable bonds is 16. The van der Waals surface area contributed by atoms with Crippen molar-refractivity contribution >= 4 is 33.7 Å². The molecule has 0 heterocycles. The standard InChI is InChI=1S/C34H43FN4O7S/c1-5-46-33(41)31(39(23(2)3)47(43,44)29-17-15-28(36)16-18-29)22-27(35)19-20-37-32(40)30(38-34(42)45-4)21-24-11-13-26(14-12-24)25-9-7-6-8-10-25/h6-18,23,27,30-31H,5,19-22,36H2,1-4H3,(H,37,40)(H,38,42)/t27?,30-,31-/m0/s1. The second kappa shape index (κ2) is 17.4. The number of amides is 2. The minimum Gasteiger partial charge on any atom is -0.465 e. The van der Waals surface area contributed by atoms with Crippen LogP contribution in [-0.4, -0.2) is 75.3 Å². The zero-order chi connectivity index (χ0) is 34.6. The number of nitrogens with zero attached hydrogens (tertiary/aromatic N) is 1. The number of hydrogen-bond acceptors (Lipinski definition) is 8. The smallest absolute Gasteiger partial charge is 0.407 e. The highest BCUT2D eigenvalue weighted by molar-refractivity contribution is 7.89. The van der Waals surface area contributed by atoms with Gasteiger partial charge in [-0.25, -0.2) is 17.6 Å². The van der Waals surface area contributed by atoms with E-state index in [9.17, 15) is 22.8 Å². The van der Waals surface area contributed by atoms with Gasteiger partial charge in [-0.2, -0.15) is 4.31 Å². The first kappa shape index (κ1) is 37.0. The van der Waals surface area contributed by atoms with Gasteiger partial charge in [-0.3, -0.25) is 9.59 Å². The Morgan fingerprint density at radius 3 is 2.13 bits per heavy atom. The van der Waals surface area contributed by atoms with E-state index in [-0.39, 0.29) is 30.9 Å². The number of anilines is 1. The summed E-state index contributed by atoms with van der Waals surface area (Å²) >= 11 is 0. The Labute approximate surface area is 275 Å². The minimum absolute atomic E-state index is 0.0280. The summed E-state index contributed by atoms with van der Waals surface area (Å²) in [5.41, 5.74) is 8.87. The van der Waals surface area contributed by atoms with Gasteiger partial charge in [0, 0.05) is 31.1 Å². The van der Waals surface area contributed by atoms with Crippen LogP contribution in [0, 0.1) is 0 Å². The van der Waals surface area contributed by atoms with Crippen LogP contribution in [0.1, 0.15) is 39.2 Å². The third-order valence-corrected chi connectivity index (χ3v) is 9.46. The lowest BCUT2D eigenvalue weighted by Crippen LogP contribution is -2.50. The number of hydrogen-bond donors (Lipinski definition) is 3. The SMILES string of the molecule is CCOC(=O)[C@H](CC(F)CCNC(=O)[C@H](Cc1ccc(-c2ccccc2)cc1)NC(=O)OC)N(C(C)C)S(=O)(=O)c1ccc(N)cc1. The normalized spacial score (nSPS) is 13.4. The van der Waals surface area contributed by atoms with Crippen LogP contribution >= 0.6 is 0 Å². The van der Waals surface area contributed by atoms with Gasteiger partial charge in [-0.1, -0.05) is 54.6 Å². The van der Waals surface area contributed by atoms with E-state index in [1.54, 1.807) is 20.8 Å². The summed E-state index contributed by atoms with van der Waals surface area (Å²) in [6, 6.07) is 19.6. The van der Waals surface area contributed by atoms with Gasteiger partial charge in [0.25, 0.3) is 0 Å². The number of benzene rings is 3. The van der Waals surface area contributed by atoms with Crippen molar-refractivity contribution in [1.29, 1.82) is 0 Å². The molecule has 0 spiro atoms. The van der Waals surface area contributed by atoms with Crippen molar-refractivity contribution in [3.8, 4) is 11.1 Å². The molecule has 0 radical (unpaired) electrons. The Morgan fingerprint density at radius 2 is 1.55 bits per heavy atom. The molecular weight excluding hydrogens is 627 g/mol. The fourth-order valence-electron chi connectivity index (χ4n) is 5.05. The topological polar surface area (TPSA) is 157 Å². The maximum Gasteiger partial charge on any atom is 0.407 e. The Balaban J connectivity index is 1.69. The number of nitrogens with one attached hydrogen (secondary N) is 2. The summed E-state index contributed by atoms with van der Waals surface area (Å²) in [6.45, 7) is 4.56. The second-order valence-electron chi connectivity index (χ2n) is 11.1. The number of carbonyl (C=O) groups is 3. The van der Waals surface area contributed by atoms with Gasteiger partial charge < -0.3 is 25.8 Å². The van der Waals surface area contributed by atoms with Crippen molar-refractivity contribution in [2.24, 2.45) is 0 Å². The van der Waals surface area contributed by atoms with E-state index in [4.69, 9.17) is 10.5 Å². The highest BCUT2D eigenvalue weighted by Crippen LogP contribution is 2.26. The number of nitrogen functional groups attached to an aromatic ring is 1. The molecule has 0 aliphatic heterocycles. The van der Waals surface area contributed by atoms with Gasteiger partial charge in [0.1, 0.15) is 18.3 Å². The fourth-order valence-corrected chi connectivity index (χ4v) is 6.84. The van der Waals surface area contributed by atoms with Gasteiger partial charge in [-0.15, -0.1) is 0 Å². The molecule has 47 heavy (non-hydrogen) atoms. The number of alkyl carbamates (subject to hydrolysis) is 1. The van der Waals surface area contributed by atoms with E-state index in [0.717, 1.165) is 21.0 Å². The zero-order valence-electron chi connectivity index (χ0n) is 27.0. The van der Waals surface area contributed by atoms with Gasteiger partial charge in [0.15, 0.2) is 0 Å². The molecule has 0 aliphatic rings. The van der Waals surface area contributed by atoms with Crippen LogP contribution in [0.2, 0.25) is 0 Å². The van der Waals surface area contributed by atoms with Crippen LogP contribution in [0.4, 0.5) is 14.9 Å². The largest absolute Gasteiger partial charge is 0.465 e. The molecule has 0 saturated carbocycles. The van der Waals surface area contributed by atoms with E-state index in [0.29, 0.717) is 5.69 Å². The lowest BCUT2D eigenvalue weighted by molar-refractivity contribution is -0.149. The molecule has 0 fully saturated rings. The Morgan fingerprint density at radius 1 is 0.936 bits per heavy atom. The molecule has 13 heteroatoms. The molecule has 3 rings (SSSR count). The number of alkyl halides is 1. The lowest BCUT2D eigenvalue weighted by atomic mass is 10.0. The predicted molar refractivity (Wildman–Crippen MR) is 177 cm³/mol. The molecule has 0 aromatic heterocycles. The van der Waals surface area contributed by atoms with Gasteiger partial charge in [-0.05, 0) is 68.1 Å². The Bertz CT molecular complexity index is 1570. The number of methoxy groups -OCH3 is 1. The number of nitrogens with two attached hydrogens (primary N) is 1. The Hall–Kier alpha value is -4.49. The third kappa shape index (κ3) is 10.5. The Kier molecular flexibility index (Phi) is 13.7. The fraction of sp³-hybridized carbons (Fsp3) is 0.382. The zero-order valence-corrected chi connectivity index (χ0v) is 27.8. The second-order valence-corrected chi connectivity index (χ2v) is 13.0. The van der Waals surface area contributed by atoms with Crippen molar-refractivity contribution in [3.05, 3.63) is 84.4 Å². The van der Waals surface area contributed by atoms with E-state index in [1.807, 2.05) is 54.6 Å². The van der Waals surface area contributed by atoms with Gasteiger partial charge in [0.2, 0.25) is 15.9 Å². The lowest BCUT2D eigenvalue weighted by Gasteiger charge is -2.33. The molecular formula is C34H43FN4O7S. The molecule has 0 saturated heterocycles. The van der Waals surface area contributed by atoms with Crippen LogP contribution < -0.4 is 16.4 Å². The van der Waals surface area contributed by atoms with Crippen molar-refractivity contribution in [2.75, 3.05) is 26.0 Å². The number of carbonyl (C=O) groups excluding carboxylic acids is 3. The number of halogens is 1. The molecule has 3 aromatic carbocycles. The molecule has 1 unspecified atom stereocenters. The minimum atomic E-state index is -4.24. The molecule has 4 N–H and O–H groups in total. The van der Waals surface area contributed by atoms with Crippen molar-refractivity contribution in [1.82, 2.24) is 14.9 Å². The van der Waals surface area contributed by atoms with Crippen molar-refractivity contribution in [3.63, 3.8) is 0 Å². The van der Waals surface area contributed by atoms with Gasteiger partial charge >= 0.3 is 12.1 Å². The number of esters is 1.